The lowest BCUT2D eigenvalue weighted by Gasteiger charge is -2.19. The van der Waals surface area contributed by atoms with Crippen molar-refractivity contribution in [2.45, 2.75) is 32.9 Å². The molecular formula is C19H21NO5S. The Morgan fingerprint density at radius 2 is 2.04 bits per heavy atom. The summed E-state index contributed by atoms with van der Waals surface area (Å²) in [5, 5.41) is 4.64. The van der Waals surface area contributed by atoms with Crippen molar-refractivity contribution < 1.29 is 23.8 Å². The monoisotopic (exact) mass is 375 g/mol. The molecule has 1 atom stereocenters. The van der Waals surface area contributed by atoms with E-state index < -0.39 is 12.1 Å². The largest absolute Gasteiger partial charge is 0.454 e. The number of fused-ring (bicyclic) bond motifs is 1. The van der Waals surface area contributed by atoms with Gasteiger partial charge in [0.1, 0.15) is 4.88 Å². The van der Waals surface area contributed by atoms with Gasteiger partial charge in [0.2, 0.25) is 6.79 Å². The predicted octanol–water partition coefficient (Wildman–Crippen LogP) is 3.36. The summed E-state index contributed by atoms with van der Waals surface area (Å²) in [5.74, 6) is 0.805. The van der Waals surface area contributed by atoms with Crippen molar-refractivity contribution >= 4 is 23.2 Å². The van der Waals surface area contributed by atoms with Gasteiger partial charge in [-0.2, -0.15) is 0 Å². The first-order chi connectivity index (χ1) is 12.5. The number of carbonyl (C=O) groups is 2. The van der Waals surface area contributed by atoms with Crippen LogP contribution in [0.4, 0.5) is 0 Å². The Morgan fingerprint density at radius 1 is 1.23 bits per heavy atom. The first-order valence-electron chi connectivity index (χ1n) is 8.43. The van der Waals surface area contributed by atoms with Crippen LogP contribution >= 0.6 is 11.3 Å². The predicted molar refractivity (Wildman–Crippen MR) is 97.4 cm³/mol. The van der Waals surface area contributed by atoms with Crippen molar-refractivity contribution in [2.75, 3.05) is 6.79 Å². The van der Waals surface area contributed by atoms with Crippen LogP contribution in [0.1, 0.15) is 35.5 Å². The molecule has 0 spiro atoms. The molecule has 138 valence electrons. The van der Waals surface area contributed by atoms with Crippen LogP contribution in [0.25, 0.3) is 0 Å². The Bertz CT molecular complexity index is 772. The first kappa shape index (κ1) is 18.3. The minimum atomic E-state index is -0.821. The Hall–Kier alpha value is -2.54. The number of carbonyl (C=O) groups excluding carboxylic acids is 2. The molecule has 7 heteroatoms. The average molecular weight is 375 g/mol. The van der Waals surface area contributed by atoms with Crippen LogP contribution in [0.5, 0.6) is 11.5 Å². The van der Waals surface area contributed by atoms with E-state index in [0.29, 0.717) is 29.3 Å². The summed E-state index contributed by atoms with van der Waals surface area (Å²) in [4.78, 5) is 25.2. The van der Waals surface area contributed by atoms with E-state index in [1.165, 1.54) is 11.3 Å². The Labute approximate surface area is 156 Å². The maximum absolute atomic E-state index is 12.5. The zero-order valence-corrected chi connectivity index (χ0v) is 15.5. The van der Waals surface area contributed by atoms with Crippen LogP contribution in [0.3, 0.4) is 0 Å². The minimum absolute atomic E-state index is 0.209. The molecule has 6 nitrogen and oxygen atoms in total. The molecule has 0 fully saturated rings. The molecule has 1 aliphatic heterocycles. The molecule has 2 aromatic rings. The van der Waals surface area contributed by atoms with Gasteiger partial charge in [-0.1, -0.05) is 26.0 Å². The molecule has 1 amide bonds. The zero-order chi connectivity index (χ0) is 18.5. The van der Waals surface area contributed by atoms with Crippen LogP contribution in [-0.2, 0) is 16.1 Å². The Balaban J connectivity index is 1.60. The van der Waals surface area contributed by atoms with Crippen molar-refractivity contribution in [3.8, 4) is 11.5 Å². The maximum Gasteiger partial charge on any atom is 0.349 e. The molecule has 1 unspecified atom stereocenters. The summed E-state index contributed by atoms with van der Waals surface area (Å²) in [7, 11) is 0. The second-order valence-corrected chi connectivity index (χ2v) is 7.35. The second-order valence-electron chi connectivity index (χ2n) is 6.41. The van der Waals surface area contributed by atoms with Gasteiger partial charge in [-0.3, -0.25) is 4.79 Å². The minimum Gasteiger partial charge on any atom is -0.454 e. The number of hydrogen-bond acceptors (Lipinski definition) is 6. The van der Waals surface area contributed by atoms with Gasteiger partial charge in [-0.05, 0) is 41.5 Å². The van der Waals surface area contributed by atoms with E-state index in [9.17, 15) is 9.59 Å². The highest BCUT2D eigenvalue weighted by Crippen LogP contribution is 2.32. The number of hydrogen-bond donors (Lipinski definition) is 1. The van der Waals surface area contributed by atoms with E-state index in [0.717, 1.165) is 5.56 Å². The fourth-order valence-corrected chi connectivity index (χ4v) is 3.18. The van der Waals surface area contributed by atoms with Crippen molar-refractivity contribution in [2.24, 2.45) is 5.92 Å². The number of amides is 1. The lowest BCUT2D eigenvalue weighted by molar-refractivity contribution is -0.130. The number of rotatable bonds is 7. The van der Waals surface area contributed by atoms with Crippen molar-refractivity contribution in [1.82, 2.24) is 5.32 Å². The van der Waals surface area contributed by atoms with E-state index in [2.05, 4.69) is 5.32 Å². The van der Waals surface area contributed by atoms with Gasteiger partial charge >= 0.3 is 5.97 Å². The van der Waals surface area contributed by atoms with E-state index in [-0.39, 0.29) is 18.6 Å². The van der Waals surface area contributed by atoms with Crippen molar-refractivity contribution in [1.29, 1.82) is 0 Å². The third kappa shape index (κ3) is 4.54. The van der Waals surface area contributed by atoms with E-state index in [4.69, 9.17) is 14.2 Å². The van der Waals surface area contributed by atoms with E-state index in [1.807, 2.05) is 32.0 Å². The van der Waals surface area contributed by atoms with Gasteiger partial charge in [-0.25, -0.2) is 4.79 Å². The van der Waals surface area contributed by atoms with Crippen molar-refractivity contribution in [3.63, 3.8) is 0 Å². The Kier molecular flexibility index (Phi) is 5.78. The number of ether oxygens (including phenoxy) is 3. The number of benzene rings is 1. The lowest BCUT2D eigenvalue weighted by Crippen LogP contribution is -2.38. The molecule has 0 saturated heterocycles. The lowest BCUT2D eigenvalue weighted by atomic mass is 10.1. The molecule has 0 aliphatic carbocycles. The molecule has 1 aromatic heterocycles. The van der Waals surface area contributed by atoms with Gasteiger partial charge < -0.3 is 19.5 Å². The highest BCUT2D eigenvalue weighted by Gasteiger charge is 2.25. The van der Waals surface area contributed by atoms with Crippen LogP contribution in [-0.4, -0.2) is 24.8 Å². The molecule has 0 bridgehead atoms. The van der Waals surface area contributed by atoms with E-state index in [1.54, 1.807) is 17.5 Å². The number of esters is 1. The fraction of sp³-hybridized carbons (Fsp3) is 0.368. The highest BCUT2D eigenvalue weighted by atomic mass is 32.1. The van der Waals surface area contributed by atoms with Gasteiger partial charge in [-0.15, -0.1) is 11.3 Å². The molecule has 0 saturated carbocycles. The van der Waals surface area contributed by atoms with Crippen LogP contribution in [0.15, 0.2) is 35.7 Å². The summed E-state index contributed by atoms with van der Waals surface area (Å²) in [6, 6.07) is 8.97. The molecule has 26 heavy (non-hydrogen) atoms. The van der Waals surface area contributed by atoms with Crippen LogP contribution in [0, 0.1) is 5.92 Å². The number of thiophene rings is 1. The smallest absolute Gasteiger partial charge is 0.349 e. The van der Waals surface area contributed by atoms with Gasteiger partial charge in [0.05, 0.1) is 0 Å². The SMILES string of the molecule is CC(C)CC(OC(=O)c1cccs1)C(=O)NCc1ccc2c(c1)OCO2. The fourth-order valence-electron chi connectivity index (χ4n) is 2.57. The van der Waals surface area contributed by atoms with Gasteiger partial charge in [0, 0.05) is 6.54 Å². The molecule has 1 aromatic carbocycles. The van der Waals surface area contributed by atoms with Crippen molar-refractivity contribution in [3.05, 3.63) is 46.2 Å². The molecule has 1 aliphatic rings. The molecule has 1 N–H and O–H groups in total. The molecule has 2 heterocycles. The highest BCUT2D eigenvalue weighted by molar-refractivity contribution is 7.11. The molecular weight excluding hydrogens is 354 g/mol. The Morgan fingerprint density at radius 3 is 2.77 bits per heavy atom. The molecule has 3 rings (SSSR count). The molecule has 0 radical (unpaired) electrons. The van der Waals surface area contributed by atoms with Gasteiger partial charge in [0.15, 0.2) is 17.6 Å². The van der Waals surface area contributed by atoms with Crippen LogP contribution < -0.4 is 14.8 Å². The topological polar surface area (TPSA) is 73.9 Å². The summed E-state index contributed by atoms with van der Waals surface area (Å²) >= 11 is 1.29. The summed E-state index contributed by atoms with van der Waals surface area (Å²) in [5.41, 5.74) is 0.885. The van der Waals surface area contributed by atoms with E-state index >= 15 is 0 Å². The first-order valence-corrected chi connectivity index (χ1v) is 9.31. The number of nitrogens with one attached hydrogen (secondary N) is 1. The van der Waals surface area contributed by atoms with Crippen LogP contribution in [0.2, 0.25) is 0 Å². The summed E-state index contributed by atoms with van der Waals surface area (Å²) < 4.78 is 16.1. The summed E-state index contributed by atoms with van der Waals surface area (Å²) in [6.07, 6.45) is -0.358. The summed E-state index contributed by atoms with van der Waals surface area (Å²) in [6.45, 7) is 4.50. The zero-order valence-electron chi connectivity index (χ0n) is 14.7. The third-order valence-corrected chi connectivity index (χ3v) is 4.70. The third-order valence-electron chi connectivity index (χ3n) is 3.85. The normalized spacial score (nSPS) is 13.5. The average Bonchev–Trinajstić information content (AvgIpc) is 3.29. The standard InChI is InChI=1S/C19H21NO5S/c1-12(2)8-16(25-19(22)17-4-3-7-26-17)18(21)20-10-13-5-6-14-15(9-13)24-11-23-14/h3-7,9,12,16H,8,10-11H2,1-2H3,(H,20,21). The van der Waals surface area contributed by atoms with Gasteiger partial charge in [0.25, 0.3) is 5.91 Å². The maximum atomic E-state index is 12.5. The quantitative estimate of drug-likeness (QED) is 0.751. The second kappa shape index (κ2) is 8.23.